The van der Waals surface area contributed by atoms with Crippen LogP contribution < -0.4 is 0 Å². The maximum Gasteiger partial charge on any atom is 0.0630 e. The molecule has 0 rings (SSSR count). The summed E-state index contributed by atoms with van der Waals surface area (Å²) in [4.78, 5) is 0. The number of rotatable bonds is 5. The van der Waals surface area contributed by atoms with Crippen LogP contribution >= 0.6 is 0 Å². The minimum atomic E-state index is -0.250. The van der Waals surface area contributed by atoms with Crippen LogP contribution in [0.3, 0.4) is 0 Å². The molecule has 1 nitrogen and oxygen atoms in total. The summed E-state index contributed by atoms with van der Waals surface area (Å²) in [5.41, 5.74) is -0.107. The highest BCUT2D eigenvalue weighted by atomic mass is 16.3. The summed E-state index contributed by atoms with van der Waals surface area (Å²) in [7, 11) is 0. The Balaban J connectivity index is 4.21. The lowest BCUT2D eigenvalue weighted by molar-refractivity contribution is 0.0496. The summed E-state index contributed by atoms with van der Waals surface area (Å²) in [5, 5.41) is 9.87. The molecule has 1 N–H and O–H groups in total. The second-order valence-corrected chi connectivity index (χ2v) is 4.21. The van der Waals surface area contributed by atoms with E-state index in [-0.39, 0.29) is 11.5 Å². The van der Waals surface area contributed by atoms with Gasteiger partial charge in [-0.2, -0.15) is 0 Å². The first kappa shape index (κ1) is 11.7. The Hall–Kier alpha value is -0.300. The van der Waals surface area contributed by atoms with Crippen molar-refractivity contribution in [3.05, 3.63) is 12.7 Å². The number of hydrogen-bond donors (Lipinski definition) is 1. The lowest BCUT2D eigenvalue weighted by Gasteiger charge is -2.31. The second kappa shape index (κ2) is 4.66. The first-order chi connectivity index (χ1) is 5.46. The van der Waals surface area contributed by atoms with Crippen molar-refractivity contribution in [3.8, 4) is 0 Å². The van der Waals surface area contributed by atoms with Gasteiger partial charge in [-0.05, 0) is 18.8 Å². The molecule has 0 unspecified atom stereocenters. The lowest BCUT2D eigenvalue weighted by Crippen LogP contribution is -2.30. The van der Waals surface area contributed by atoms with E-state index in [1.165, 1.54) is 0 Å². The average molecular weight is 170 g/mol. The summed E-state index contributed by atoms with van der Waals surface area (Å²) in [5.74, 6) is 0.547. The summed E-state index contributed by atoms with van der Waals surface area (Å²) in [6.07, 6.45) is 3.43. The molecule has 2 atom stereocenters. The van der Waals surface area contributed by atoms with Crippen LogP contribution in [0.4, 0.5) is 0 Å². The van der Waals surface area contributed by atoms with E-state index in [9.17, 15) is 5.11 Å². The van der Waals surface area contributed by atoms with Gasteiger partial charge in [-0.3, -0.25) is 0 Å². The third-order valence-electron chi connectivity index (χ3n) is 2.68. The second-order valence-electron chi connectivity index (χ2n) is 4.21. The standard InChI is InChI=1S/C11H22O/c1-6-11(5,7-2)10(12)8-9(3)4/h6,9-10,12H,1,7-8H2,2-5H3/t10-,11-/m1/s1. The van der Waals surface area contributed by atoms with E-state index in [0.29, 0.717) is 5.92 Å². The van der Waals surface area contributed by atoms with Crippen LogP contribution in [0.5, 0.6) is 0 Å². The fourth-order valence-electron chi connectivity index (χ4n) is 1.23. The van der Waals surface area contributed by atoms with Crippen molar-refractivity contribution in [2.45, 2.75) is 46.6 Å². The van der Waals surface area contributed by atoms with Crippen molar-refractivity contribution in [2.75, 3.05) is 0 Å². The highest BCUT2D eigenvalue weighted by Crippen LogP contribution is 2.30. The number of aliphatic hydroxyl groups excluding tert-OH is 1. The Morgan fingerprint density at radius 2 is 2.00 bits per heavy atom. The molecule has 0 aliphatic heterocycles. The highest BCUT2D eigenvalue weighted by molar-refractivity contribution is 4.95. The Morgan fingerprint density at radius 3 is 2.25 bits per heavy atom. The Morgan fingerprint density at radius 1 is 1.50 bits per heavy atom. The largest absolute Gasteiger partial charge is 0.392 e. The molecule has 0 aromatic heterocycles. The quantitative estimate of drug-likeness (QED) is 0.629. The van der Waals surface area contributed by atoms with Gasteiger partial charge in [0.05, 0.1) is 6.10 Å². The molecule has 0 aromatic rings. The third-order valence-corrected chi connectivity index (χ3v) is 2.68. The molecular formula is C11H22O. The lowest BCUT2D eigenvalue weighted by atomic mass is 9.78. The van der Waals surface area contributed by atoms with Crippen LogP contribution in [0.15, 0.2) is 12.7 Å². The van der Waals surface area contributed by atoms with Gasteiger partial charge < -0.3 is 5.11 Å². The SMILES string of the molecule is C=C[C@](C)(CC)[C@H](O)CC(C)C. The van der Waals surface area contributed by atoms with Gasteiger partial charge in [0.15, 0.2) is 0 Å². The Labute approximate surface area is 76.5 Å². The van der Waals surface area contributed by atoms with Gasteiger partial charge in [-0.25, -0.2) is 0 Å². The smallest absolute Gasteiger partial charge is 0.0630 e. The molecule has 0 fully saturated rings. The normalized spacial score (nSPS) is 18.8. The van der Waals surface area contributed by atoms with Gasteiger partial charge in [0, 0.05) is 5.41 Å². The van der Waals surface area contributed by atoms with E-state index in [0.717, 1.165) is 12.8 Å². The van der Waals surface area contributed by atoms with Gasteiger partial charge in [-0.15, -0.1) is 6.58 Å². The fourth-order valence-corrected chi connectivity index (χ4v) is 1.23. The molecule has 1 heteroatoms. The van der Waals surface area contributed by atoms with Crippen LogP contribution in [-0.4, -0.2) is 11.2 Å². The van der Waals surface area contributed by atoms with E-state index in [2.05, 4.69) is 34.3 Å². The summed E-state index contributed by atoms with van der Waals surface area (Å²) < 4.78 is 0. The van der Waals surface area contributed by atoms with Crippen molar-refractivity contribution >= 4 is 0 Å². The zero-order chi connectivity index (χ0) is 9.78. The molecule has 0 aliphatic carbocycles. The van der Waals surface area contributed by atoms with E-state index in [1.807, 2.05) is 6.08 Å². The van der Waals surface area contributed by atoms with Gasteiger partial charge in [0.25, 0.3) is 0 Å². The van der Waals surface area contributed by atoms with Crippen LogP contribution in [-0.2, 0) is 0 Å². The maximum atomic E-state index is 9.87. The van der Waals surface area contributed by atoms with Crippen molar-refractivity contribution in [2.24, 2.45) is 11.3 Å². The molecule has 0 aliphatic rings. The van der Waals surface area contributed by atoms with E-state index in [4.69, 9.17) is 0 Å². The third kappa shape index (κ3) is 2.98. The molecule has 0 saturated heterocycles. The zero-order valence-corrected chi connectivity index (χ0v) is 8.80. The highest BCUT2D eigenvalue weighted by Gasteiger charge is 2.27. The molecule has 0 amide bonds. The Bertz CT molecular complexity index is 140. The van der Waals surface area contributed by atoms with Crippen LogP contribution in [0.25, 0.3) is 0 Å². The fraction of sp³-hybridized carbons (Fsp3) is 0.818. The van der Waals surface area contributed by atoms with E-state index in [1.54, 1.807) is 0 Å². The molecule has 12 heavy (non-hydrogen) atoms. The molecular weight excluding hydrogens is 148 g/mol. The molecule has 0 bridgehead atoms. The van der Waals surface area contributed by atoms with Crippen LogP contribution in [0, 0.1) is 11.3 Å². The van der Waals surface area contributed by atoms with Crippen LogP contribution in [0.1, 0.15) is 40.5 Å². The van der Waals surface area contributed by atoms with E-state index >= 15 is 0 Å². The first-order valence-electron chi connectivity index (χ1n) is 4.78. The van der Waals surface area contributed by atoms with Crippen molar-refractivity contribution in [3.63, 3.8) is 0 Å². The molecule has 0 saturated carbocycles. The van der Waals surface area contributed by atoms with Crippen LogP contribution in [0.2, 0.25) is 0 Å². The summed E-state index contributed by atoms with van der Waals surface area (Å²) in [6, 6.07) is 0. The van der Waals surface area contributed by atoms with Crippen molar-refractivity contribution in [1.82, 2.24) is 0 Å². The topological polar surface area (TPSA) is 20.2 Å². The van der Waals surface area contributed by atoms with Gasteiger partial charge in [-0.1, -0.05) is 33.8 Å². The predicted octanol–water partition coefficient (Wildman–Crippen LogP) is 3.00. The maximum absolute atomic E-state index is 9.87. The molecule has 72 valence electrons. The number of hydrogen-bond acceptors (Lipinski definition) is 1. The molecule has 0 radical (unpaired) electrons. The molecule has 0 aromatic carbocycles. The average Bonchev–Trinajstić information content (AvgIpc) is 2.02. The van der Waals surface area contributed by atoms with Crippen molar-refractivity contribution < 1.29 is 5.11 Å². The van der Waals surface area contributed by atoms with Gasteiger partial charge in [0.1, 0.15) is 0 Å². The number of aliphatic hydroxyl groups is 1. The predicted molar refractivity (Wildman–Crippen MR) is 54.1 cm³/mol. The van der Waals surface area contributed by atoms with E-state index < -0.39 is 0 Å². The zero-order valence-electron chi connectivity index (χ0n) is 8.80. The van der Waals surface area contributed by atoms with Gasteiger partial charge in [0.2, 0.25) is 0 Å². The molecule has 0 spiro atoms. The Kier molecular flexibility index (Phi) is 4.54. The van der Waals surface area contributed by atoms with Crippen molar-refractivity contribution in [1.29, 1.82) is 0 Å². The minimum Gasteiger partial charge on any atom is -0.392 e. The minimum absolute atomic E-state index is 0.107. The summed E-state index contributed by atoms with van der Waals surface area (Å²) >= 11 is 0. The first-order valence-corrected chi connectivity index (χ1v) is 4.78. The monoisotopic (exact) mass is 170 g/mol. The summed E-state index contributed by atoms with van der Waals surface area (Å²) in [6.45, 7) is 12.2. The molecule has 0 heterocycles. The van der Waals surface area contributed by atoms with Gasteiger partial charge >= 0.3 is 0 Å².